The van der Waals surface area contributed by atoms with Gasteiger partial charge in [-0.25, -0.2) is 0 Å². The van der Waals surface area contributed by atoms with Gasteiger partial charge in [0.2, 0.25) is 0 Å². The minimum atomic E-state index is -3.74. The van der Waals surface area contributed by atoms with Gasteiger partial charge in [-0.2, -0.15) is 8.42 Å². The molecule has 104 valence electrons. The third-order valence-electron chi connectivity index (χ3n) is 2.76. The molecule has 1 atom stereocenters. The van der Waals surface area contributed by atoms with E-state index >= 15 is 0 Å². The van der Waals surface area contributed by atoms with Crippen molar-refractivity contribution >= 4 is 22.1 Å². The molecule has 1 unspecified atom stereocenters. The molecule has 7 heteroatoms. The Morgan fingerprint density at radius 3 is 2.68 bits per heavy atom. The molecule has 0 spiro atoms. The van der Waals surface area contributed by atoms with E-state index in [9.17, 15) is 8.42 Å². The molecule has 5 nitrogen and oxygen atoms in total. The lowest BCUT2D eigenvalue weighted by Crippen LogP contribution is -2.31. The van der Waals surface area contributed by atoms with Crippen molar-refractivity contribution in [3.05, 3.63) is 40.8 Å². The molecule has 1 heterocycles. The molecule has 0 fully saturated rings. The summed E-state index contributed by atoms with van der Waals surface area (Å²) in [6, 6.07) is 6.11. The molecule has 1 aromatic rings. The number of hydrogen-bond acceptors (Lipinski definition) is 6. The maximum atomic E-state index is 11.9. The maximum Gasteiger partial charge on any atom is 0.297 e. The molecule has 1 aromatic carbocycles. The summed E-state index contributed by atoms with van der Waals surface area (Å²) in [5.74, 6) is 0. The lowest BCUT2D eigenvalue weighted by molar-refractivity contribution is 0.303. The molecule has 0 bridgehead atoms. The standard InChI is InChI=1S/C12H16N2O3S2/c1-9-2-4-11(5-3-9)19(15,16)17-7-12(13)10-6-14-18-8-10/h2-5,8,12,14H,6-7,13H2,1H3. The van der Waals surface area contributed by atoms with E-state index in [-0.39, 0.29) is 11.5 Å². The molecule has 0 amide bonds. The molecule has 1 aliphatic rings. The van der Waals surface area contributed by atoms with Crippen LogP contribution >= 0.6 is 11.9 Å². The summed E-state index contributed by atoms with van der Waals surface area (Å²) in [5.41, 5.74) is 7.82. The number of nitrogens with two attached hydrogens (primary N) is 1. The summed E-state index contributed by atoms with van der Waals surface area (Å²) in [7, 11) is -3.74. The first-order chi connectivity index (χ1) is 8.99. The van der Waals surface area contributed by atoms with E-state index in [2.05, 4.69) is 4.72 Å². The van der Waals surface area contributed by atoms with E-state index in [1.54, 1.807) is 12.1 Å². The number of nitrogens with one attached hydrogen (secondary N) is 1. The van der Waals surface area contributed by atoms with Crippen molar-refractivity contribution < 1.29 is 12.6 Å². The molecular weight excluding hydrogens is 284 g/mol. The Morgan fingerprint density at radius 2 is 2.11 bits per heavy atom. The summed E-state index contributed by atoms with van der Waals surface area (Å²) >= 11 is 1.44. The van der Waals surface area contributed by atoms with Crippen molar-refractivity contribution in [2.75, 3.05) is 13.2 Å². The topological polar surface area (TPSA) is 81.4 Å². The average molecular weight is 300 g/mol. The van der Waals surface area contributed by atoms with Gasteiger partial charge < -0.3 is 5.73 Å². The number of rotatable bonds is 5. The first kappa shape index (κ1) is 14.5. The van der Waals surface area contributed by atoms with Crippen molar-refractivity contribution in [3.63, 3.8) is 0 Å². The van der Waals surface area contributed by atoms with Crippen LogP contribution in [0.4, 0.5) is 0 Å². The summed E-state index contributed by atoms with van der Waals surface area (Å²) in [6.07, 6.45) is 0. The van der Waals surface area contributed by atoms with Crippen LogP contribution in [0.25, 0.3) is 0 Å². The van der Waals surface area contributed by atoms with Crippen molar-refractivity contribution in [1.82, 2.24) is 4.72 Å². The third-order valence-corrected chi connectivity index (χ3v) is 4.79. The minimum absolute atomic E-state index is 0.0513. The van der Waals surface area contributed by atoms with Crippen LogP contribution in [0.1, 0.15) is 5.56 Å². The molecule has 0 saturated heterocycles. The Balaban J connectivity index is 1.99. The van der Waals surface area contributed by atoms with Crippen molar-refractivity contribution in [2.24, 2.45) is 5.73 Å². The smallest absolute Gasteiger partial charge is 0.297 e. The molecule has 0 saturated carbocycles. The maximum absolute atomic E-state index is 11.9. The number of benzene rings is 1. The van der Waals surface area contributed by atoms with Crippen molar-refractivity contribution in [1.29, 1.82) is 0 Å². The van der Waals surface area contributed by atoms with Crippen LogP contribution in [-0.4, -0.2) is 27.6 Å². The van der Waals surface area contributed by atoms with Crippen LogP contribution in [0.5, 0.6) is 0 Å². The van der Waals surface area contributed by atoms with Gasteiger partial charge in [-0.3, -0.25) is 8.91 Å². The quantitative estimate of drug-likeness (QED) is 0.627. The molecule has 2 rings (SSSR count). The Hall–Kier alpha value is -0.860. The number of aryl methyl sites for hydroxylation is 1. The van der Waals surface area contributed by atoms with E-state index < -0.39 is 16.2 Å². The fourth-order valence-corrected chi connectivity index (χ4v) is 3.22. The largest absolute Gasteiger partial charge is 0.322 e. The summed E-state index contributed by atoms with van der Waals surface area (Å²) in [5, 5.41) is 1.88. The Morgan fingerprint density at radius 1 is 1.42 bits per heavy atom. The van der Waals surface area contributed by atoms with Crippen LogP contribution < -0.4 is 10.5 Å². The first-order valence-electron chi connectivity index (χ1n) is 5.78. The van der Waals surface area contributed by atoms with Crippen LogP contribution in [0.3, 0.4) is 0 Å². The van der Waals surface area contributed by atoms with E-state index in [1.807, 2.05) is 12.3 Å². The zero-order valence-corrected chi connectivity index (χ0v) is 12.1. The highest BCUT2D eigenvalue weighted by Gasteiger charge is 2.19. The Labute approximate surface area is 117 Å². The van der Waals surface area contributed by atoms with E-state index in [1.165, 1.54) is 24.1 Å². The van der Waals surface area contributed by atoms with Crippen LogP contribution in [-0.2, 0) is 14.3 Å². The second-order valence-corrected chi connectivity index (χ2v) is 6.67. The lowest BCUT2D eigenvalue weighted by atomic mass is 10.1. The molecule has 0 aliphatic carbocycles. The fourth-order valence-electron chi connectivity index (χ4n) is 1.55. The lowest BCUT2D eigenvalue weighted by Gasteiger charge is -2.13. The molecule has 3 N–H and O–H groups in total. The second kappa shape index (κ2) is 6.06. The normalized spacial score (nSPS) is 17.3. The first-order valence-corrected chi connectivity index (χ1v) is 8.07. The average Bonchev–Trinajstić information content (AvgIpc) is 2.90. The van der Waals surface area contributed by atoms with Crippen molar-refractivity contribution in [2.45, 2.75) is 17.9 Å². The van der Waals surface area contributed by atoms with Crippen LogP contribution in [0.2, 0.25) is 0 Å². The monoisotopic (exact) mass is 300 g/mol. The van der Waals surface area contributed by atoms with Gasteiger partial charge in [0, 0.05) is 6.54 Å². The van der Waals surface area contributed by atoms with Gasteiger partial charge >= 0.3 is 0 Å². The minimum Gasteiger partial charge on any atom is -0.322 e. The van der Waals surface area contributed by atoms with E-state index in [0.717, 1.165) is 11.1 Å². The molecule has 0 radical (unpaired) electrons. The van der Waals surface area contributed by atoms with Crippen LogP contribution in [0.15, 0.2) is 40.1 Å². The third kappa shape index (κ3) is 3.80. The van der Waals surface area contributed by atoms with Gasteiger partial charge in [0.15, 0.2) is 0 Å². The Kier molecular flexibility index (Phi) is 4.64. The summed E-state index contributed by atoms with van der Waals surface area (Å²) < 4.78 is 31.9. The molecule has 1 aliphatic heterocycles. The van der Waals surface area contributed by atoms with Gasteiger partial charge in [-0.05, 0) is 30.0 Å². The predicted octanol–water partition coefficient (Wildman–Crippen LogP) is 1.16. The molecular formula is C12H16N2O3S2. The van der Waals surface area contributed by atoms with E-state index in [0.29, 0.717) is 6.54 Å². The zero-order valence-electron chi connectivity index (χ0n) is 10.5. The highest BCUT2D eigenvalue weighted by Crippen LogP contribution is 2.17. The van der Waals surface area contributed by atoms with Gasteiger partial charge in [-0.15, -0.1) is 0 Å². The summed E-state index contributed by atoms with van der Waals surface area (Å²) in [4.78, 5) is 0.151. The highest BCUT2D eigenvalue weighted by atomic mass is 32.2. The predicted molar refractivity (Wildman–Crippen MR) is 76.0 cm³/mol. The zero-order chi connectivity index (χ0) is 13.9. The second-order valence-electron chi connectivity index (χ2n) is 4.29. The van der Waals surface area contributed by atoms with Gasteiger partial charge in [0.25, 0.3) is 10.1 Å². The molecule has 19 heavy (non-hydrogen) atoms. The summed E-state index contributed by atoms with van der Waals surface area (Å²) in [6.45, 7) is 2.49. The van der Waals surface area contributed by atoms with Crippen LogP contribution in [0, 0.1) is 6.92 Å². The van der Waals surface area contributed by atoms with E-state index in [4.69, 9.17) is 9.92 Å². The molecule has 0 aromatic heterocycles. The Bertz CT molecular complexity index is 567. The van der Waals surface area contributed by atoms with Gasteiger partial charge in [-0.1, -0.05) is 29.6 Å². The highest BCUT2D eigenvalue weighted by molar-refractivity contribution is 8.00. The van der Waals surface area contributed by atoms with Gasteiger partial charge in [0.1, 0.15) is 0 Å². The fraction of sp³-hybridized carbons (Fsp3) is 0.333. The van der Waals surface area contributed by atoms with Gasteiger partial charge in [0.05, 0.1) is 17.5 Å². The van der Waals surface area contributed by atoms with Crippen molar-refractivity contribution in [3.8, 4) is 0 Å². The SMILES string of the molecule is Cc1ccc(S(=O)(=O)OCC(N)C2=CSNC2)cc1. The number of hydrogen-bond donors (Lipinski definition) is 2.